The summed E-state index contributed by atoms with van der Waals surface area (Å²) in [5, 5.41) is 0.517. The number of aromatic nitrogens is 1. The van der Waals surface area contributed by atoms with Crippen LogP contribution in [0.25, 0.3) is 10.9 Å². The van der Waals surface area contributed by atoms with Crippen molar-refractivity contribution in [2.45, 2.75) is 39.2 Å². The Morgan fingerprint density at radius 1 is 1.27 bits per heavy atom. The first-order valence-electron chi connectivity index (χ1n) is 9.01. The highest BCUT2D eigenvalue weighted by Crippen LogP contribution is 2.21. The van der Waals surface area contributed by atoms with Gasteiger partial charge < -0.3 is 14.2 Å². The zero-order chi connectivity index (χ0) is 18.8. The number of carbonyl (C=O) groups excluding carboxylic acids is 2. The molecule has 1 aliphatic heterocycles. The number of pyridine rings is 1. The van der Waals surface area contributed by atoms with Gasteiger partial charge in [0.15, 0.2) is 0 Å². The molecular weight excluding hydrogens is 332 g/mol. The molecule has 1 amide bonds. The van der Waals surface area contributed by atoms with Crippen LogP contribution in [0.3, 0.4) is 0 Å². The molecule has 0 unspecified atom stereocenters. The first-order chi connectivity index (χ1) is 12.4. The SMILES string of the molecule is CCOC(=O)[C@H]1CCCCN1C(=O)c1cn(C)c2ccc(C)cc2c1=O. The number of fused-ring (bicyclic) bond motifs is 1. The summed E-state index contributed by atoms with van der Waals surface area (Å²) >= 11 is 0. The lowest BCUT2D eigenvalue weighted by Crippen LogP contribution is -2.49. The summed E-state index contributed by atoms with van der Waals surface area (Å²) < 4.78 is 6.91. The van der Waals surface area contributed by atoms with E-state index in [4.69, 9.17) is 4.74 Å². The Hall–Kier alpha value is -2.63. The van der Waals surface area contributed by atoms with Gasteiger partial charge in [0.05, 0.1) is 12.1 Å². The minimum Gasteiger partial charge on any atom is -0.464 e. The van der Waals surface area contributed by atoms with Crippen LogP contribution in [0.4, 0.5) is 0 Å². The van der Waals surface area contributed by atoms with Gasteiger partial charge in [0, 0.05) is 25.2 Å². The minimum absolute atomic E-state index is 0.0989. The van der Waals surface area contributed by atoms with Gasteiger partial charge in [-0.15, -0.1) is 0 Å². The molecule has 0 bridgehead atoms. The Kier molecular flexibility index (Phi) is 5.11. The summed E-state index contributed by atoms with van der Waals surface area (Å²) in [4.78, 5) is 39.8. The van der Waals surface area contributed by atoms with E-state index < -0.39 is 17.9 Å². The highest BCUT2D eigenvalue weighted by molar-refractivity contribution is 5.99. The van der Waals surface area contributed by atoms with Gasteiger partial charge in [0.25, 0.3) is 5.91 Å². The van der Waals surface area contributed by atoms with Gasteiger partial charge in [-0.05, 0) is 45.2 Å². The standard InChI is InChI=1S/C20H24N2O4/c1-4-26-20(25)17-7-5-6-10-22(17)19(24)15-12-21(3)16-9-8-13(2)11-14(16)18(15)23/h8-9,11-12,17H,4-7,10H2,1-3H3/t17-/m1/s1. The van der Waals surface area contributed by atoms with Crippen molar-refractivity contribution in [3.63, 3.8) is 0 Å². The van der Waals surface area contributed by atoms with E-state index in [0.717, 1.165) is 23.9 Å². The first kappa shape index (κ1) is 18.2. The van der Waals surface area contributed by atoms with Gasteiger partial charge in [0.1, 0.15) is 11.6 Å². The van der Waals surface area contributed by atoms with Crippen LogP contribution >= 0.6 is 0 Å². The van der Waals surface area contributed by atoms with Crippen molar-refractivity contribution in [1.82, 2.24) is 9.47 Å². The second kappa shape index (κ2) is 7.32. The molecule has 6 nitrogen and oxygen atoms in total. The number of piperidine rings is 1. The Balaban J connectivity index is 2.04. The summed E-state index contributed by atoms with van der Waals surface area (Å²) in [5.74, 6) is -0.791. The monoisotopic (exact) mass is 356 g/mol. The minimum atomic E-state index is -0.617. The van der Waals surface area contributed by atoms with Crippen LogP contribution in [0.5, 0.6) is 0 Å². The van der Waals surface area contributed by atoms with Crippen LogP contribution in [0.1, 0.15) is 42.1 Å². The molecule has 1 fully saturated rings. The lowest BCUT2D eigenvalue weighted by molar-refractivity contribution is -0.149. The Morgan fingerprint density at radius 2 is 2.04 bits per heavy atom. The smallest absolute Gasteiger partial charge is 0.328 e. The molecule has 3 rings (SSSR count). The van der Waals surface area contributed by atoms with Crippen LogP contribution in [0, 0.1) is 6.92 Å². The molecule has 0 spiro atoms. The predicted octanol–water partition coefficient (Wildman–Crippen LogP) is 2.40. The zero-order valence-electron chi connectivity index (χ0n) is 15.4. The summed E-state index contributed by atoms with van der Waals surface area (Å²) in [6, 6.07) is 5.00. The van der Waals surface area contributed by atoms with Crippen molar-refractivity contribution in [1.29, 1.82) is 0 Å². The third-order valence-electron chi connectivity index (χ3n) is 4.90. The Labute approximate surface area is 152 Å². The second-order valence-electron chi connectivity index (χ2n) is 6.77. The van der Waals surface area contributed by atoms with E-state index >= 15 is 0 Å². The number of nitrogens with zero attached hydrogens (tertiary/aromatic N) is 2. The lowest BCUT2D eigenvalue weighted by atomic mass is 10.0. The maximum Gasteiger partial charge on any atom is 0.328 e. The number of benzene rings is 1. The molecule has 0 aliphatic carbocycles. The van der Waals surface area contributed by atoms with Crippen LogP contribution in [-0.2, 0) is 16.6 Å². The third-order valence-corrected chi connectivity index (χ3v) is 4.90. The Bertz CT molecular complexity index is 916. The number of likely N-dealkylation sites (tertiary alicyclic amines) is 1. The average molecular weight is 356 g/mol. The number of hydrogen-bond acceptors (Lipinski definition) is 4. The number of hydrogen-bond donors (Lipinski definition) is 0. The normalized spacial score (nSPS) is 17.3. The fraction of sp³-hybridized carbons (Fsp3) is 0.450. The molecule has 2 aromatic rings. The van der Waals surface area contributed by atoms with Crippen molar-refractivity contribution in [3.05, 3.63) is 45.7 Å². The van der Waals surface area contributed by atoms with E-state index in [1.54, 1.807) is 23.8 Å². The molecule has 1 aromatic heterocycles. The number of esters is 1. The molecule has 0 N–H and O–H groups in total. The maximum absolute atomic E-state index is 13.1. The topological polar surface area (TPSA) is 68.6 Å². The highest BCUT2D eigenvalue weighted by Gasteiger charge is 2.34. The molecule has 0 radical (unpaired) electrons. The van der Waals surface area contributed by atoms with E-state index in [1.165, 1.54) is 4.90 Å². The van der Waals surface area contributed by atoms with Crippen LogP contribution in [0.15, 0.2) is 29.2 Å². The fourth-order valence-electron chi connectivity index (χ4n) is 3.57. The van der Waals surface area contributed by atoms with Crippen molar-refractivity contribution in [2.75, 3.05) is 13.2 Å². The number of rotatable bonds is 3. The predicted molar refractivity (Wildman–Crippen MR) is 99.2 cm³/mol. The van der Waals surface area contributed by atoms with Gasteiger partial charge in [-0.25, -0.2) is 4.79 Å². The molecule has 1 atom stereocenters. The van der Waals surface area contributed by atoms with Crippen molar-refractivity contribution < 1.29 is 14.3 Å². The van der Waals surface area contributed by atoms with Crippen LogP contribution in [-0.4, -0.2) is 40.5 Å². The number of ether oxygens (including phenoxy) is 1. The lowest BCUT2D eigenvalue weighted by Gasteiger charge is -2.34. The van der Waals surface area contributed by atoms with E-state index in [1.807, 2.05) is 26.1 Å². The molecule has 26 heavy (non-hydrogen) atoms. The van der Waals surface area contributed by atoms with Crippen molar-refractivity contribution in [2.24, 2.45) is 7.05 Å². The second-order valence-corrected chi connectivity index (χ2v) is 6.77. The maximum atomic E-state index is 13.1. The largest absolute Gasteiger partial charge is 0.464 e. The third kappa shape index (κ3) is 3.23. The van der Waals surface area contributed by atoms with Gasteiger partial charge >= 0.3 is 5.97 Å². The molecular formula is C20H24N2O4. The van der Waals surface area contributed by atoms with Gasteiger partial charge in [-0.3, -0.25) is 9.59 Å². The first-order valence-corrected chi connectivity index (χ1v) is 9.01. The fourth-order valence-corrected chi connectivity index (χ4v) is 3.57. The molecule has 0 saturated carbocycles. The summed E-state index contributed by atoms with van der Waals surface area (Å²) in [6.45, 7) is 4.38. The molecule has 1 aliphatic rings. The van der Waals surface area contributed by atoms with Gasteiger partial charge in [0.2, 0.25) is 5.43 Å². The number of aryl methyl sites for hydroxylation is 2. The van der Waals surface area contributed by atoms with Crippen molar-refractivity contribution >= 4 is 22.8 Å². The van der Waals surface area contributed by atoms with Crippen molar-refractivity contribution in [3.8, 4) is 0 Å². The van der Waals surface area contributed by atoms with E-state index in [9.17, 15) is 14.4 Å². The van der Waals surface area contributed by atoms with Gasteiger partial charge in [-0.2, -0.15) is 0 Å². The van der Waals surface area contributed by atoms with Crippen LogP contribution in [0.2, 0.25) is 0 Å². The molecule has 1 aromatic carbocycles. The molecule has 138 valence electrons. The van der Waals surface area contributed by atoms with Gasteiger partial charge in [-0.1, -0.05) is 11.6 Å². The Morgan fingerprint density at radius 3 is 2.77 bits per heavy atom. The number of carbonyl (C=O) groups is 2. The summed E-state index contributed by atoms with van der Waals surface area (Å²) in [5.41, 5.74) is 1.54. The zero-order valence-corrected chi connectivity index (χ0v) is 15.4. The summed E-state index contributed by atoms with van der Waals surface area (Å²) in [7, 11) is 1.81. The van der Waals surface area contributed by atoms with E-state index in [2.05, 4.69) is 0 Å². The quantitative estimate of drug-likeness (QED) is 0.792. The molecule has 2 heterocycles. The molecule has 6 heteroatoms. The number of amides is 1. The molecule has 1 saturated heterocycles. The van der Waals surface area contributed by atoms with E-state index in [0.29, 0.717) is 18.4 Å². The van der Waals surface area contributed by atoms with E-state index in [-0.39, 0.29) is 17.6 Å². The van der Waals surface area contributed by atoms with Crippen LogP contribution < -0.4 is 5.43 Å². The highest BCUT2D eigenvalue weighted by atomic mass is 16.5. The summed E-state index contributed by atoms with van der Waals surface area (Å²) in [6.07, 6.45) is 3.81. The average Bonchev–Trinajstić information content (AvgIpc) is 2.64.